The Hall–Kier alpha value is -2.34. The number of hydrogen-bond acceptors (Lipinski definition) is 1. The zero-order chi connectivity index (χ0) is 20.1. The quantitative estimate of drug-likeness (QED) is 0.518. The van der Waals surface area contributed by atoms with Gasteiger partial charge in [-0.3, -0.25) is 4.79 Å². The van der Waals surface area contributed by atoms with E-state index in [-0.39, 0.29) is 16.0 Å². The number of hydrogen-bond donors (Lipinski definition) is 1. The van der Waals surface area contributed by atoms with Gasteiger partial charge in [-0.25, -0.2) is 4.39 Å². The van der Waals surface area contributed by atoms with Crippen molar-refractivity contribution in [3.05, 3.63) is 68.6 Å². The number of rotatable bonds is 2. The molecule has 0 amide bonds. The van der Waals surface area contributed by atoms with Crippen molar-refractivity contribution in [3.8, 4) is 11.3 Å². The van der Waals surface area contributed by atoms with Crippen LogP contribution in [0.15, 0.2) is 41.2 Å². The van der Waals surface area contributed by atoms with Crippen LogP contribution < -0.4 is 5.43 Å². The van der Waals surface area contributed by atoms with Crippen LogP contribution in [0.1, 0.15) is 25.0 Å². The Morgan fingerprint density at radius 2 is 1.70 bits per heavy atom. The molecule has 2 nitrogen and oxygen atoms in total. The topological polar surface area (TPSA) is 32.9 Å². The number of aromatic amines is 1. The van der Waals surface area contributed by atoms with Gasteiger partial charge in [0.25, 0.3) is 0 Å². The molecular formula is C20H16ClF4NO. The van der Waals surface area contributed by atoms with Crippen molar-refractivity contribution >= 4 is 22.5 Å². The molecule has 1 N–H and O–H groups in total. The van der Waals surface area contributed by atoms with E-state index in [1.54, 1.807) is 6.92 Å². The maximum absolute atomic E-state index is 13.4. The van der Waals surface area contributed by atoms with Gasteiger partial charge in [0, 0.05) is 27.6 Å². The highest BCUT2D eigenvalue weighted by molar-refractivity contribution is 6.31. The highest BCUT2D eigenvalue weighted by Crippen LogP contribution is 2.44. The van der Waals surface area contributed by atoms with Crippen LogP contribution in [0, 0.1) is 12.7 Å². The lowest BCUT2D eigenvalue weighted by atomic mass is 9.82. The van der Waals surface area contributed by atoms with E-state index >= 15 is 0 Å². The summed E-state index contributed by atoms with van der Waals surface area (Å²) in [6.07, 6.45) is -4.47. The smallest absolute Gasteiger partial charge is 0.354 e. The molecule has 1 heterocycles. The van der Waals surface area contributed by atoms with E-state index in [9.17, 15) is 22.4 Å². The van der Waals surface area contributed by atoms with Crippen molar-refractivity contribution in [1.29, 1.82) is 0 Å². The average molecular weight is 398 g/mol. The van der Waals surface area contributed by atoms with Crippen molar-refractivity contribution in [2.45, 2.75) is 32.4 Å². The standard InChI is InChI=1S/C20H16ClF4NO/c1-10-6-14(19(2,3)20(23,24)25)15(21)8-12(10)17-9-18(27)13-7-11(22)4-5-16(13)26-17/h4-9H,1-3H3,(H,26,27). The van der Waals surface area contributed by atoms with Crippen LogP contribution in [0.5, 0.6) is 0 Å². The third kappa shape index (κ3) is 3.34. The van der Waals surface area contributed by atoms with Gasteiger partial charge in [-0.05, 0) is 56.2 Å². The number of aryl methyl sites for hydroxylation is 1. The third-order valence-corrected chi connectivity index (χ3v) is 5.09. The molecule has 0 bridgehead atoms. The van der Waals surface area contributed by atoms with E-state index < -0.39 is 22.8 Å². The molecule has 27 heavy (non-hydrogen) atoms. The van der Waals surface area contributed by atoms with Crippen molar-refractivity contribution in [1.82, 2.24) is 4.98 Å². The molecule has 0 radical (unpaired) electrons. The fraction of sp³-hybridized carbons (Fsp3) is 0.250. The Balaban J connectivity index is 2.20. The van der Waals surface area contributed by atoms with Gasteiger partial charge in [-0.15, -0.1) is 0 Å². The summed E-state index contributed by atoms with van der Waals surface area (Å²) in [5, 5.41) is 0.148. The highest BCUT2D eigenvalue weighted by Gasteiger charge is 2.49. The van der Waals surface area contributed by atoms with Crippen molar-refractivity contribution < 1.29 is 17.6 Å². The van der Waals surface area contributed by atoms with Gasteiger partial charge in [0.05, 0.1) is 11.1 Å². The van der Waals surface area contributed by atoms with Gasteiger partial charge in [-0.2, -0.15) is 13.2 Å². The Labute approximate surface area is 157 Å². The van der Waals surface area contributed by atoms with E-state index in [4.69, 9.17) is 11.6 Å². The third-order valence-electron chi connectivity index (χ3n) is 4.78. The summed E-state index contributed by atoms with van der Waals surface area (Å²) in [7, 11) is 0. The van der Waals surface area contributed by atoms with E-state index in [0.717, 1.165) is 19.9 Å². The first kappa shape index (κ1) is 19.4. The SMILES string of the molecule is Cc1cc(C(C)(C)C(F)(F)F)c(Cl)cc1-c1cc(=O)c2cc(F)ccc2[nH]1. The van der Waals surface area contributed by atoms with Gasteiger partial charge in [0.1, 0.15) is 5.82 Å². The van der Waals surface area contributed by atoms with E-state index in [0.29, 0.717) is 22.3 Å². The number of alkyl halides is 3. The van der Waals surface area contributed by atoms with Gasteiger partial charge in [0.15, 0.2) is 5.43 Å². The Morgan fingerprint density at radius 1 is 1.04 bits per heavy atom. The molecule has 0 saturated heterocycles. The highest BCUT2D eigenvalue weighted by atomic mass is 35.5. The summed E-state index contributed by atoms with van der Waals surface area (Å²) >= 11 is 6.18. The fourth-order valence-corrected chi connectivity index (χ4v) is 3.37. The van der Waals surface area contributed by atoms with Crippen molar-refractivity contribution in [3.63, 3.8) is 0 Å². The number of benzene rings is 2. The second-order valence-corrected chi connectivity index (χ2v) is 7.41. The summed E-state index contributed by atoms with van der Waals surface area (Å²) in [6.45, 7) is 3.79. The minimum atomic E-state index is -4.47. The molecule has 0 spiro atoms. The fourth-order valence-electron chi connectivity index (χ4n) is 2.97. The normalized spacial score (nSPS) is 12.6. The van der Waals surface area contributed by atoms with Crippen molar-refractivity contribution in [2.75, 3.05) is 0 Å². The van der Waals surface area contributed by atoms with Crippen LogP contribution in [0.3, 0.4) is 0 Å². The summed E-state index contributed by atoms with van der Waals surface area (Å²) < 4.78 is 53.5. The molecule has 2 aromatic carbocycles. The number of pyridine rings is 1. The van der Waals surface area contributed by atoms with Gasteiger partial charge in [-0.1, -0.05) is 17.7 Å². The predicted molar refractivity (Wildman–Crippen MR) is 98.8 cm³/mol. The molecule has 0 aliphatic carbocycles. The number of aromatic nitrogens is 1. The van der Waals surface area contributed by atoms with Crippen LogP contribution in [0.4, 0.5) is 17.6 Å². The Bertz CT molecular complexity index is 1100. The average Bonchev–Trinajstić information content (AvgIpc) is 2.56. The second-order valence-electron chi connectivity index (χ2n) is 7.01. The molecule has 142 valence electrons. The zero-order valence-electron chi connectivity index (χ0n) is 14.8. The van der Waals surface area contributed by atoms with Crippen LogP contribution in [-0.4, -0.2) is 11.2 Å². The molecule has 7 heteroatoms. The molecular weight excluding hydrogens is 382 g/mol. The number of halogens is 5. The Kier molecular flexibility index (Phi) is 4.58. The number of nitrogens with one attached hydrogen (secondary N) is 1. The summed E-state index contributed by atoms with van der Waals surface area (Å²) in [5.41, 5.74) is -0.698. The monoisotopic (exact) mass is 397 g/mol. The van der Waals surface area contributed by atoms with Crippen LogP contribution in [0.25, 0.3) is 22.2 Å². The molecule has 0 aliphatic rings. The molecule has 0 unspecified atom stereocenters. The minimum absolute atomic E-state index is 0.0388. The Morgan fingerprint density at radius 3 is 2.33 bits per heavy atom. The first-order valence-electron chi connectivity index (χ1n) is 8.12. The lowest BCUT2D eigenvalue weighted by molar-refractivity contribution is -0.180. The molecule has 0 atom stereocenters. The van der Waals surface area contributed by atoms with Crippen LogP contribution >= 0.6 is 11.6 Å². The molecule has 3 rings (SSSR count). The summed E-state index contributed by atoms with van der Waals surface area (Å²) in [6, 6.07) is 7.88. The predicted octanol–water partition coefficient (Wildman–Crippen LogP) is 6.14. The lowest BCUT2D eigenvalue weighted by Gasteiger charge is -2.30. The van der Waals surface area contributed by atoms with Gasteiger partial charge >= 0.3 is 6.18 Å². The molecule has 0 fully saturated rings. The number of H-pyrrole nitrogens is 1. The summed E-state index contributed by atoms with van der Waals surface area (Å²) in [5.74, 6) is -0.529. The maximum Gasteiger partial charge on any atom is 0.397 e. The molecule has 0 saturated carbocycles. The van der Waals surface area contributed by atoms with Crippen LogP contribution in [-0.2, 0) is 5.41 Å². The lowest BCUT2D eigenvalue weighted by Crippen LogP contribution is -2.36. The van der Waals surface area contributed by atoms with Crippen LogP contribution in [0.2, 0.25) is 5.02 Å². The molecule has 1 aromatic heterocycles. The zero-order valence-corrected chi connectivity index (χ0v) is 15.5. The second kappa shape index (κ2) is 6.37. The number of fused-ring (bicyclic) bond motifs is 1. The maximum atomic E-state index is 13.4. The van der Waals surface area contributed by atoms with Gasteiger partial charge < -0.3 is 4.98 Å². The van der Waals surface area contributed by atoms with E-state index in [2.05, 4.69) is 4.98 Å². The first-order valence-corrected chi connectivity index (χ1v) is 8.50. The minimum Gasteiger partial charge on any atom is -0.354 e. The van der Waals surface area contributed by atoms with E-state index in [1.807, 2.05) is 0 Å². The van der Waals surface area contributed by atoms with Crippen molar-refractivity contribution in [2.24, 2.45) is 0 Å². The molecule has 0 aliphatic heterocycles. The van der Waals surface area contributed by atoms with Gasteiger partial charge in [0.2, 0.25) is 0 Å². The largest absolute Gasteiger partial charge is 0.397 e. The molecule has 3 aromatic rings. The summed E-state index contributed by atoms with van der Waals surface area (Å²) in [4.78, 5) is 15.3. The first-order chi connectivity index (χ1) is 12.4. The van der Waals surface area contributed by atoms with E-state index in [1.165, 1.54) is 30.3 Å².